The Hall–Kier alpha value is -0.740. The monoisotopic (exact) mass is 247 g/mol. The topological polar surface area (TPSA) is 46.2 Å². The fourth-order valence-corrected chi connectivity index (χ4v) is 1.81. The van der Waals surface area contributed by atoms with Gasteiger partial charge in [-0.1, -0.05) is 17.7 Å². The Bertz CT molecular complexity index is 454. The minimum absolute atomic E-state index is 0.461. The van der Waals surface area contributed by atoms with Crippen molar-refractivity contribution in [2.24, 2.45) is 0 Å². The van der Waals surface area contributed by atoms with Gasteiger partial charge in [0.05, 0.1) is 5.25 Å². The smallest absolute Gasteiger partial charge is 0.235 e. The van der Waals surface area contributed by atoms with E-state index in [0.717, 1.165) is 5.56 Å². The van der Waals surface area contributed by atoms with Crippen LogP contribution in [0.5, 0.6) is 0 Å². The molecule has 0 aliphatic rings. The largest absolute Gasteiger partial charge is 0.283 e. The highest BCUT2D eigenvalue weighted by Gasteiger charge is 2.15. The van der Waals surface area contributed by atoms with E-state index in [9.17, 15) is 8.42 Å². The number of sulfonamides is 1. The van der Waals surface area contributed by atoms with Crippen LogP contribution in [0.25, 0.3) is 0 Å². The molecule has 0 radical (unpaired) electrons. The molecule has 0 atom stereocenters. The van der Waals surface area contributed by atoms with E-state index < -0.39 is 15.3 Å². The second-order valence-corrected chi connectivity index (χ2v) is 6.30. The first kappa shape index (κ1) is 12.3. The van der Waals surface area contributed by atoms with Crippen LogP contribution < -0.4 is 4.72 Å². The molecular formula is C10H14ClNO2S. The van der Waals surface area contributed by atoms with E-state index in [0.29, 0.717) is 10.7 Å². The quantitative estimate of drug-likeness (QED) is 0.893. The number of hydrogen-bond donors (Lipinski definition) is 1. The number of aryl methyl sites for hydroxylation is 1. The third kappa shape index (κ3) is 3.11. The molecular weight excluding hydrogens is 234 g/mol. The van der Waals surface area contributed by atoms with Crippen molar-refractivity contribution in [1.29, 1.82) is 0 Å². The zero-order valence-electron chi connectivity index (χ0n) is 8.91. The van der Waals surface area contributed by atoms with Gasteiger partial charge < -0.3 is 0 Å². The molecule has 5 heteroatoms. The van der Waals surface area contributed by atoms with Crippen molar-refractivity contribution in [2.45, 2.75) is 26.0 Å². The highest BCUT2D eigenvalue weighted by molar-refractivity contribution is 7.93. The van der Waals surface area contributed by atoms with Gasteiger partial charge in [0.15, 0.2) is 0 Å². The maximum atomic E-state index is 11.5. The first-order valence-electron chi connectivity index (χ1n) is 4.60. The van der Waals surface area contributed by atoms with Gasteiger partial charge in [0.1, 0.15) is 0 Å². The van der Waals surface area contributed by atoms with Crippen LogP contribution in [-0.4, -0.2) is 13.7 Å². The van der Waals surface area contributed by atoms with Crippen molar-refractivity contribution in [3.8, 4) is 0 Å². The lowest BCUT2D eigenvalue weighted by Crippen LogP contribution is -2.22. The molecule has 0 spiro atoms. The van der Waals surface area contributed by atoms with E-state index in [-0.39, 0.29) is 0 Å². The normalized spacial score (nSPS) is 11.8. The average molecular weight is 248 g/mol. The van der Waals surface area contributed by atoms with Gasteiger partial charge in [0.25, 0.3) is 0 Å². The molecule has 0 saturated heterocycles. The third-order valence-corrected chi connectivity index (χ3v) is 4.22. The predicted molar refractivity (Wildman–Crippen MR) is 63.9 cm³/mol. The van der Waals surface area contributed by atoms with Crippen molar-refractivity contribution in [3.05, 3.63) is 28.8 Å². The zero-order valence-corrected chi connectivity index (χ0v) is 10.5. The highest BCUT2D eigenvalue weighted by atomic mass is 35.5. The molecule has 1 aromatic carbocycles. The summed E-state index contributed by atoms with van der Waals surface area (Å²) in [5.74, 6) is 0. The van der Waals surface area contributed by atoms with Gasteiger partial charge in [-0.3, -0.25) is 4.72 Å². The number of anilines is 1. The first-order chi connectivity index (χ1) is 6.83. The summed E-state index contributed by atoms with van der Waals surface area (Å²) in [4.78, 5) is 0. The summed E-state index contributed by atoms with van der Waals surface area (Å²) in [7, 11) is -3.29. The Morgan fingerprint density at radius 1 is 1.33 bits per heavy atom. The molecule has 0 amide bonds. The van der Waals surface area contributed by atoms with E-state index in [1.54, 1.807) is 32.0 Å². The van der Waals surface area contributed by atoms with E-state index in [1.165, 1.54) is 0 Å². The van der Waals surface area contributed by atoms with Gasteiger partial charge in [-0.2, -0.15) is 0 Å². The molecule has 0 saturated carbocycles. The van der Waals surface area contributed by atoms with Crippen LogP contribution in [-0.2, 0) is 10.0 Å². The third-order valence-electron chi connectivity index (χ3n) is 2.05. The Morgan fingerprint density at radius 3 is 2.40 bits per heavy atom. The first-order valence-corrected chi connectivity index (χ1v) is 6.53. The summed E-state index contributed by atoms with van der Waals surface area (Å²) in [5, 5.41) is 0.0940. The van der Waals surface area contributed by atoms with E-state index in [4.69, 9.17) is 11.6 Å². The Morgan fingerprint density at radius 2 is 1.93 bits per heavy atom. The molecule has 0 bridgehead atoms. The van der Waals surface area contributed by atoms with E-state index >= 15 is 0 Å². The molecule has 1 rings (SSSR count). The van der Waals surface area contributed by atoms with Crippen molar-refractivity contribution < 1.29 is 8.42 Å². The maximum absolute atomic E-state index is 11.5. The Kier molecular flexibility index (Phi) is 3.62. The Balaban J connectivity index is 2.96. The minimum atomic E-state index is -3.29. The van der Waals surface area contributed by atoms with E-state index in [1.807, 2.05) is 6.92 Å². The second-order valence-electron chi connectivity index (χ2n) is 3.66. The van der Waals surface area contributed by atoms with Crippen molar-refractivity contribution in [3.63, 3.8) is 0 Å². The molecule has 84 valence electrons. The van der Waals surface area contributed by atoms with Crippen molar-refractivity contribution in [1.82, 2.24) is 0 Å². The van der Waals surface area contributed by atoms with Crippen LogP contribution >= 0.6 is 11.6 Å². The summed E-state index contributed by atoms with van der Waals surface area (Å²) >= 11 is 5.89. The molecule has 0 fully saturated rings. The lowest BCUT2D eigenvalue weighted by Gasteiger charge is -2.11. The van der Waals surface area contributed by atoms with Crippen LogP contribution in [0.2, 0.25) is 5.02 Å². The van der Waals surface area contributed by atoms with Gasteiger partial charge in [0, 0.05) is 10.7 Å². The molecule has 0 aliphatic heterocycles. The number of hydrogen-bond acceptors (Lipinski definition) is 2. The fraction of sp³-hybridized carbons (Fsp3) is 0.400. The average Bonchev–Trinajstić information content (AvgIpc) is 2.10. The lowest BCUT2D eigenvalue weighted by molar-refractivity contribution is 0.593. The molecule has 15 heavy (non-hydrogen) atoms. The molecule has 1 N–H and O–H groups in total. The number of halogens is 1. The zero-order chi connectivity index (χ0) is 11.6. The predicted octanol–water partition coefficient (Wildman–Crippen LogP) is 2.80. The van der Waals surface area contributed by atoms with Crippen LogP contribution in [0.4, 0.5) is 5.69 Å². The van der Waals surface area contributed by atoms with Gasteiger partial charge >= 0.3 is 0 Å². The molecule has 0 aromatic heterocycles. The molecule has 0 aliphatic carbocycles. The summed E-state index contributed by atoms with van der Waals surface area (Å²) in [6.45, 7) is 5.11. The SMILES string of the molecule is Cc1ccc(NS(=O)(=O)C(C)C)cc1Cl. The standard InChI is InChI=1S/C10H14ClNO2S/c1-7(2)15(13,14)12-9-5-4-8(3)10(11)6-9/h4-7,12H,1-3H3. The second kappa shape index (κ2) is 4.41. The maximum Gasteiger partial charge on any atom is 0.235 e. The van der Waals surface area contributed by atoms with E-state index in [2.05, 4.69) is 4.72 Å². The Labute approximate surface area is 95.5 Å². The molecule has 0 unspecified atom stereocenters. The summed E-state index contributed by atoms with van der Waals surface area (Å²) in [6, 6.07) is 5.08. The van der Waals surface area contributed by atoms with Crippen LogP contribution in [0.3, 0.4) is 0 Å². The van der Waals surface area contributed by atoms with Crippen molar-refractivity contribution in [2.75, 3.05) is 4.72 Å². The highest BCUT2D eigenvalue weighted by Crippen LogP contribution is 2.21. The number of benzene rings is 1. The van der Waals surface area contributed by atoms with Gasteiger partial charge in [-0.05, 0) is 38.5 Å². The molecule has 0 heterocycles. The fourth-order valence-electron chi connectivity index (χ4n) is 0.938. The molecule has 3 nitrogen and oxygen atoms in total. The van der Waals surface area contributed by atoms with Crippen LogP contribution in [0.15, 0.2) is 18.2 Å². The minimum Gasteiger partial charge on any atom is -0.283 e. The lowest BCUT2D eigenvalue weighted by atomic mass is 10.2. The number of nitrogens with one attached hydrogen (secondary N) is 1. The van der Waals surface area contributed by atoms with Gasteiger partial charge in [0.2, 0.25) is 10.0 Å². The van der Waals surface area contributed by atoms with Crippen LogP contribution in [0, 0.1) is 6.92 Å². The van der Waals surface area contributed by atoms with Crippen molar-refractivity contribution >= 4 is 27.3 Å². The summed E-state index contributed by atoms with van der Waals surface area (Å²) in [5.41, 5.74) is 1.42. The van der Waals surface area contributed by atoms with Crippen LogP contribution in [0.1, 0.15) is 19.4 Å². The summed E-state index contributed by atoms with van der Waals surface area (Å²) in [6.07, 6.45) is 0. The molecule has 1 aromatic rings. The summed E-state index contributed by atoms with van der Waals surface area (Å²) < 4.78 is 25.6. The van der Waals surface area contributed by atoms with Gasteiger partial charge in [-0.15, -0.1) is 0 Å². The number of rotatable bonds is 3. The van der Waals surface area contributed by atoms with Gasteiger partial charge in [-0.25, -0.2) is 8.42 Å².